The first-order valence-corrected chi connectivity index (χ1v) is 11.6. The minimum atomic E-state index is -3.51. The van der Waals surface area contributed by atoms with Crippen molar-refractivity contribution in [1.29, 1.82) is 0 Å². The molecule has 158 valence electrons. The van der Waals surface area contributed by atoms with Crippen LogP contribution in [0, 0.1) is 34.6 Å². The molecule has 0 aliphatic carbocycles. The quantitative estimate of drug-likeness (QED) is 0.761. The summed E-state index contributed by atoms with van der Waals surface area (Å²) in [6.07, 6.45) is 0. The third-order valence-corrected chi connectivity index (χ3v) is 7.75. The average molecular weight is 417 g/mol. The molecule has 0 amide bonds. The third kappa shape index (κ3) is 4.16. The summed E-state index contributed by atoms with van der Waals surface area (Å²) in [5.74, 6) is 2.01. The summed E-state index contributed by atoms with van der Waals surface area (Å²) in [5.41, 5.74) is 4.86. The summed E-state index contributed by atoms with van der Waals surface area (Å²) in [4.78, 5) is 11.9. The topological polar surface area (TPSA) is 66.4 Å². The van der Waals surface area contributed by atoms with Gasteiger partial charge in [-0.1, -0.05) is 31.5 Å². The Kier molecular flexibility index (Phi) is 6.01. The van der Waals surface area contributed by atoms with Gasteiger partial charge in [0.1, 0.15) is 11.6 Å². The van der Waals surface area contributed by atoms with Crippen LogP contribution in [0.3, 0.4) is 0 Å². The van der Waals surface area contributed by atoms with Crippen molar-refractivity contribution in [3.05, 3.63) is 45.9 Å². The predicted octanol–water partition coefficient (Wildman–Crippen LogP) is 3.65. The Morgan fingerprint density at radius 3 is 1.97 bits per heavy atom. The molecule has 3 rings (SSSR count). The van der Waals surface area contributed by atoms with Crippen LogP contribution in [-0.4, -0.2) is 48.9 Å². The van der Waals surface area contributed by atoms with Crippen LogP contribution in [0.2, 0.25) is 0 Å². The highest BCUT2D eigenvalue weighted by Crippen LogP contribution is 2.30. The van der Waals surface area contributed by atoms with E-state index in [0.29, 0.717) is 37.0 Å². The second-order valence-electron chi connectivity index (χ2n) is 8.37. The monoisotopic (exact) mass is 416 g/mol. The summed E-state index contributed by atoms with van der Waals surface area (Å²) in [7, 11) is -3.51. The van der Waals surface area contributed by atoms with E-state index in [1.807, 2.05) is 46.8 Å². The van der Waals surface area contributed by atoms with E-state index in [9.17, 15) is 8.42 Å². The van der Waals surface area contributed by atoms with Crippen molar-refractivity contribution in [3.8, 4) is 0 Å². The molecule has 0 spiro atoms. The molecule has 1 aliphatic rings. The molecule has 2 heterocycles. The molecule has 0 bridgehead atoms. The van der Waals surface area contributed by atoms with E-state index in [4.69, 9.17) is 4.98 Å². The lowest BCUT2D eigenvalue weighted by Crippen LogP contribution is -2.49. The van der Waals surface area contributed by atoms with E-state index in [1.54, 1.807) is 4.31 Å². The molecule has 1 aromatic carbocycles. The highest BCUT2D eigenvalue weighted by atomic mass is 32.2. The number of hydrogen-bond donors (Lipinski definition) is 0. The molecule has 0 saturated carbocycles. The normalized spacial score (nSPS) is 15.9. The number of benzene rings is 1. The lowest BCUT2D eigenvalue weighted by Gasteiger charge is -2.36. The van der Waals surface area contributed by atoms with Gasteiger partial charge in [0, 0.05) is 37.4 Å². The Morgan fingerprint density at radius 1 is 0.897 bits per heavy atom. The smallest absolute Gasteiger partial charge is 0.243 e. The lowest BCUT2D eigenvalue weighted by molar-refractivity contribution is 0.382. The zero-order valence-corrected chi connectivity index (χ0v) is 19.4. The van der Waals surface area contributed by atoms with Gasteiger partial charge >= 0.3 is 0 Å². The van der Waals surface area contributed by atoms with Gasteiger partial charge in [0.2, 0.25) is 10.0 Å². The van der Waals surface area contributed by atoms with Crippen molar-refractivity contribution in [2.45, 2.75) is 59.3 Å². The fraction of sp³-hybridized carbons (Fsp3) is 0.545. The second kappa shape index (κ2) is 8.03. The van der Waals surface area contributed by atoms with Crippen molar-refractivity contribution in [1.82, 2.24) is 14.3 Å². The van der Waals surface area contributed by atoms with Gasteiger partial charge < -0.3 is 4.90 Å². The summed E-state index contributed by atoms with van der Waals surface area (Å²) in [6, 6.07) is 3.88. The van der Waals surface area contributed by atoms with E-state index >= 15 is 0 Å². The first kappa shape index (κ1) is 21.7. The van der Waals surface area contributed by atoms with Gasteiger partial charge in [0.25, 0.3) is 0 Å². The average Bonchev–Trinajstić information content (AvgIpc) is 2.59. The summed E-state index contributed by atoms with van der Waals surface area (Å²) >= 11 is 0. The van der Waals surface area contributed by atoms with Crippen LogP contribution < -0.4 is 4.90 Å². The molecule has 1 aromatic heterocycles. The molecule has 1 aliphatic heterocycles. The van der Waals surface area contributed by atoms with E-state index in [-0.39, 0.29) is 0 Å². The van der Waals surface area contributed by atoms with E-state index in [0.717, 1.165) is 39.6 Å². The maximum atomic E-state index is 13.3. The van der Waals surface area contributed by atoms with Gasteiger partial charge in [-0.05, 0) is 51.7 Å². The number of piperazine rings is 1. The van der Waals surface area contributed by atoms with Crippen LogP contribution in [0.4, 0.5) is 5.82 Å². The predicted molar refractivity (Wildman–Crippen MR) is 117 cm³/mol. The van der Waals surface area contributed by atoms with Gasteiger partial charge in [-0.2, -0.15) is 4.31 Å². The first-order valence-electron chi connectivity index (χ1n) is 10.2. The largest absolute Gasteiger partial charge is 0.354 e. The maximum Gasteiger partial charge on any atom is 0.243 e. The Labute approximate surface area is 175 Å². The van der Waals surface area contributed by atoms with Crippen molar-refractivity contribution >= 4 is 15.8 Å². The van der Waals surface area contributed by atoms with Crippen LogP contribution in [0.15, 0.2) is 17.0 Å². The van der Waals surface area contributed by atoms with Gasteiger partial charge in [0.15, 0.2) is 0 Å². The van der Waals surface area contributed by atoms with Gasteiger partial charge in [-0.15, -0.1) is 0 Å². The Hall–Kier alpha value is -1.99. The fourth-order valence-corrected chi connectivity index (χ4v) is 6.30. The lowest BCUT2D eigenvalue weighted by atomic mass is 10.0. The molecule has 7 heteroatoms. The molecule has 1 fully saturated rings. The summed E-state index contributed by atoms with van der Waals surface area (Å²) in [6.45, 7) is 16.1. The van der Waals surface area contributed by atoms with E-state index < -0.39 is 10.0 Å². The molecule has 0 radical (unpaired) electrons. The molecule has 0 unspecified atom stereocenters. The van der Waals surface area contributed by atoms with Crippen molar-refractivity contribution in [2.75, 3.05) is 31.1 Å². The molecule has 2 aromatic rings. The van der Waals surface area contributed by atoms with Gasteiger partial charge in [-0.25, -0.2) is 18.4 Å². The molecule has 0 atom stereocenters. The molecule has 29 heavy (non-hydrogen) atoms. The molecule has 0 N–H and O–H groups in total. The third-order valence-electron chi connectivity index (χ3n) is 5.55. The number of nitrogens with zero attached hydrogens (tertiary/aromatic N) is 4. The van der Waals surface area contributed by atoms with Crippen LogP contribution in [-0.2, 0) is 10.0 Å². The van der Waals surface area contributed by atoms with Crippen LogP contribution >= 0.6 is 0 Å². The Bertz CT molecular complexity index is 1000. The Balaban J connectivity index is 1.87. The van der Waals surface area contributed by atoms with E-state index in [1.165, 1.54) is 0 Å². The minimum Gasteiger partial charge on any atom is -0.354 e. The van der Waals surface area contributed by atoms with Crippen molar-refractivity contribution < 1.29 is 8.42 Å². The summed E-state index contributed by atoms with van der Waals surface area (Å²) in [5, 5.41) is 0. The number of anilines is 1. The number of sulfonamides is 1. The van der Waals surface area contributed by atoms with Crippen LogP contribution in [0.5, 0.6) is 0 Å². The SMILES string of the molecule is Cc1cc(C)c(S(=O)(=O)N2CCN(c3nc(C)nc(C)c3C(C)C)CC2)c(C)c1. The fourth-order valence-electron chi connectivity index (χ4n) is 4.46. The van der Waals surface area contributed by atoms with Crippen molar-refractivity contribution in [2.24, 2.45) is 0 Å². The van der Waals surface area contributed by atoms with Crippen LogP contribution in [0.1, 0.15) is 53.5 Å². The molecule has 1 saturated heterocycles. The molecular weight excluding hydrogens is 384 g/mol. The molecule has 6 nitrogen and oxygen atoms in total. The maximum absolute atomic E-state index is 13.3. The highest BCUT2D eigenvalue weighted by molar-refractivity contribution is 7.89. The first-order chi connectivity index (χ1) is 13.5. The number of hydrogen-bond acceptors (Lipinski definition) is 5. The number of aromatic nitrogens is 2. The number of rotatable bonds is 4. The summed E-state index contributed by atoms with van der Waals surface area (Å²) < 4.78 is 28.3. The molecular formula is C22H32N4O2S. The standard InChI is InChI=1S/C22H32N4O2S/c1-14(2)20-18(6)23-19(7)24-22(20)25-8-10-26(11-9-25)29(27,28)21-16(4)12-15(3)13-17(21)5/h12-14H,8-11H2,1-7H3. The zero-order chi connectivity index (χ0) is 21.5. The van der Waals surface area contributed by atoms with E-state index in [2.05, 4.69) is 23.7 Å². The Morgan fingerprint density at radius 2 is 1.45 bits per heavy atom. The van der Waals surface area contributed by atoms with Gasteiger partial charge in [0.05, 0.1) is 4.90 Å². The van der Waals surface area contributed by atoms with Crippen LogP contribution in [0.25, 0.3) is 0 Å². The highest BCUT2D eigenvalue weighted by Gasteiger charge is 2.32. The zero-order valence-electron chi connectivity index (χ0n) is 18.6. The number of aryl methyl sites for hydroxylation is 5. The second-order valence-corrected chi connectivity index (χ2v) is 10.2. The van der Waals surface area contributed by atoms with Gasteiger partial charge in [-0.3, -0.25) is 0 Å². The minimum absolute atomic E-state index is 0.310. The van der Waals surface area contributed by atoms with Crippen molar-refractivity contribution in [3.63, 3.8) is 0 Å².